The van der Waals surface area contributed by atoms with Crippen molar-refractivity contribution < 1.29 is 48.6 Å². The molecule has 20 heteroatoms. The zero-order valence-corrected chi connectivity index (χ0v) is 36.1. The zero-order chi connectivity index (χ0) is 45.1. The number of unbranched alkanes of at least 4 members (excludes halogenated alkanes) is 1. The van der Waals surface area contributed by atoms with Crippen LogP contribution in [0.4, 0.5) is 0 Å². The number of hydrogen-bond acceptors (Lipinski definition) is 13. The van der Waals surface area contributed by atoms with Crippen molar-refractivity contribution in [2.75, 3.05) is 32.0 Å². The second-order valence-electron chi connectivity index (χ2n) is 15.6. The maximum absolute atomic E-state index is 13.9. The Labute approximate surface area is 362 Å². The second-order valence-corrected chi connectivity index (χ2v) is 16.0. The maximum Gasteiger partial charge on any atom is 0.246 e. The molecule has 339 valence electrons. The summed E-state index contributed by atoms with van der Waals surface area (Å²) < 4.78 is 0. The monoisotopic (exact) mass is 874 g/mol. The number of nitrogens with two attached hydrogens (primary N) is 1. The van der Waals surface area contributed by atoms with Crippen LogP contribution < -0.4 is 43.0 Å². The summed E-state index contributed by atoms with van der Waals surface area (Å²) in [4.78, 5) is 108. The van der Waals surface area contributed by atoms with Gasteiger partial charge in [-0.25, -0.2) is 0 Å². The molecule has 10 atom stereocenters. The summed E-state index contributed by atoms with van der Waals surface area (Å²) in [7, 11) is 0. The van der Waals surface area contributed by atoms with E-state index in [4.69, 9.17) is 5.73 Å². The van der Waals surface area contributed by atoms with Crippen LogP contribution in [0.1, 0.15) is 77.7 Å². The van der Waals surface area contributed by atoms with Gasteiger partial charge in [-0.1, -0.05) is 50.6 Å². The Morgan fingerprint density at radius 3 is 2.05 bits per heavy atom. The molecule has 2 aliphatic rings. The van der Waals surface area contributed by atoms with Crippen LogP contribution in [-0.4, -0.2) is 149 Å². The van der Waals surface area contributed by atoms with Crippen LogP contribution in [0.2, 0.25) is 0 Å². The highest BCUT2D eigenvalue weighted by atomic mass is 32.1. The van der Waals surface area contributed by atoms with E-state index in [2.05, 4.69) is 49.8 Å². The first-order chi connectivity index (χ1) is 29.2. The van der Waals surface area contributed by atoms with Gasteiger partial charge in [0.1, 0.15) is 36.3 Å². The number of hydrogen-bond donors (Lipinski definition) is 11. The van der Waals surface area contributed by atoms with Crippen molar-refractivity contribution in [1.82, 2.24) is 42.1 Å². The van der Waals surface area contributed by atoms with E-state index >= 15 is 0 Å². The molecule has 2 aliphatic heterocycles. The lowest BCUT2D eigenvalue weighted by molar-refractivity contribution is -0.139. The van der Waals surface area contributed by atoms with E-state index in [9.17, 15) is 48.6 Å². The van der Waals surface area contributed by atoms with Crippen LogP contribution in [0.5, 0.6) is 0 Å². The number of aliphatic hydroxyl groups is 2. The fraction of sp³-hybridized carbons (Fsp3) is 0.659. The highest BCUT2D eigenvalue weighted by Crippen LogP contribution is 2.20. The number of nitrogens with one attached hydrogen (secondary N) is 7. The van der Waals surface area contributed by atoms with Crippen LogP contribution in [0, 0.1) is 5.92 Å². The number of carbonyl (C=O) groups excluding carboxylic acids is 8. The van der Waals surface area contributed by atoms with Gasteiger partial charge in [0.15, 0.2) is 0 Å². The smallest absolute Gasteiger partial charge is 0.246 e. The van der Waals surface area contributed by atoms with Crippen molar-refractivity contribution in [3.63, 3.8) is 0 Å². The molecule has 61 heavy (non-hydrogen) atoms. The lowest BCUT2D eigenvalue weighted by Gasteiger charge is -2.31. The van der Waals surface area contributed by atoms with Crippen molar-refractivity contribution in [2.24, 2.45) is 11.7 Å². The summed E-state index contributed by atoms with van der Waals surface area (Å²) in [5.41, 5.74) is 6.23. The average molecular weight is 875 g/mol. The Morgan fingerprint density at radius 1 is 0.836 bits per heavy atom. The third-order valence-electron chi connectivity index (χ3n) is 11.0. The Hall–Kier alpha value is -4.63. The van der Waals surface area contributed by atoms with Gasteiger partial charge >= 0.3 is 0 Å². The molecule has 19 nitrogen and oxygen atoms in total. The molecule has 0 unspecified atom stereocenters. The average Bonchev–Trinajstić information content (AvgIpc) is 3.98. The molecule has 1 aromatic carbocycles. The molecular weight excluding hydrogens is 811 g/mol. The zero-order valence-electron chi connectivity index (χ0n) is 35.2. The summed E-state index contributed by atoms with van der Waals surface area (Å²) in [6, 6.07) is -0.660. The van der Waals surface area contributed by atoms with Crippen molar-refractivity contribution in [3.8, 4) is 0 Å². The number of amides is 7. The number of aliphatic hydroxyl groups excluding tert-OH is 2. The summed E-state index contributed by atoms with van der Waals surface area (Å²) in [5, 5.41) is 39.4. The van der Waals surface area contributed by atoms with Gasteiger partial charge in [0.2, 0.25) is 47.6 Å². The normalized spacial score (nSPS) is 20.1. The molecule has 1 radical (unpaired) electrons. The minimum absolute atomic E-state index is 0.117. The molecule has 1 aromatic rings. The van der Waals surface area contributed by atoms with E-state index in [0.717, 1.165) is 6.42 Å². The molecular formula is C41H64N9O10S. The van der Waals surface area contributed by atoms with Crippen LogP contribution >= 0.6 is 12.6 Å². The van der Waals surface area contributed by atoms with Gasteiger partial charge in [0.05, 0.1) is 24.8 Å². The SMILES string of the molecule is CC[C@H](C)[C@H](NC(=O)[C@H](CO)NC(=O)[C@H](Cc1ccccc1)NC(=O)[C@@H](NC(=O)[C@H](CS)NC(=O)[C@H](CCCCN)NC(=O)[C@@H]1CCCN1)[C@@H](C)O)C(=O)N1CCC[C@H]1[C]=O. The van der Waals surface area contributed by atoms with Crippen molar-refractivity contribution in [3.05, 3.63) is 35.9 Å². The van der Waals surface area contributed by atoms with Gasteiger partial charge < -0.3 is 58.1 Å². The topological polar surface area (TPSA) is 290 Å². The molecule has 0 saturated carbocycles. The van der Waals surface area contributed by atoms with E-state index in [0.29, 0.717) is 63.7 Å². The fourth-order valence-electron chi connectivity index (χ4n) is 7.12. The molecule has 0 spiro atoms. The largest absolute Gasteiger partial charge is 0.394 e. The molecule has 2 heterocycles. The van der Waals surface area contributed by atoms with Crippen LogP contribution in [0.15, 0.2) is 30.3 Å². The quantitative estimate of drug-likeness (QED) is 0.0359. The summed E-state index contributed by atoms with van der Waals surface area (Å²) in [6.45, 7) is 5.30. The summed E-state index contributed by atoms with van der Waals surface area (Å²) in [6.07, 6.45) is 4.56. The number of likely N-dealkylation sites (tertiary alicyclic amines) is 1. The van der Waals surface area contributed by atoms with E-state index < -0.39 is 96.5 Å². The minimum Gasteiger partial charge on any atom is -0.394 e. The predicted molar refractivity (Wildman–Crippen MR) is 228 cm³/mol. The first kappa shape index (κ1) is 50.7. The number of thiol groups is 1. The molecule has 3 rings (SSSR count). The number of benzene rings is 1. The molecule has 0 aliphatic carbocycles. The molecule has 2 saturated heterocycles. The van der Waals surface area contributed by atoms with Gasteiger partial charge in [0, 0.05) is 18.7 Å². The van der Waals surface area contributed by atoms with Crippen LogP contribution in [-0.2, 0) is 44.8 Å². The Bertz CT molecular complexity index is 1630. The van der Waals surface area contributed by atoms with Gasteiger partial charge in [-0.05, 0) is 76.4 Å². The second kappa shape index (κ2) is 26.0. The van der Waals surface area contributed by atoms with Crippen molar-refractivity contribution in [1.29, 1.82) is 0 Å². The molecule has 7 amide bonds. The van der Waals surface area contributed by atoms with Crippen molar-refractivity contribution >= 4 is 60.3 Å². The first-order valence-electron chi connectivity index (χ1n) is 21.1. The standard InChI is InChI=1S/C41H64N9O10S/c1-4-24(2)33(41(60)50-19-11-14-27(50)21-51)48-38(57)31(22-52)46-37(56)30(20-26-12-6-5-7-13-26)45-40(59)34(25(3)53)49-39(58)32(23-61)47-36(55)29(15-8-9-17-42)44-35(54)28-16-10-18-43-28/h5-7,12-13,24-25,27-34,43,52-53,61H,4,8-11,14-20,22-23,42H2,1-3H3,(H,44,54)(H,45,59)(H,46,56)(H,47,55)(H,48,57)(H,49,58)/t24-,25+,27-,28-,29-,30-,31-,32-,33-,34-/m0/s1. The van der Waals surface area contributed by atoms with Gasteiger partial charge in [-0.15, -0.1) is 0 Å². The fourth-order valence-corrected chi connectivity index (χ4v) is 7.38. The van der Waals surface area contributed by atoms with Gasteiger partial charge in [-0.2, -0.15) is 12.6 Å². The predicted octanol–water partition coefficient (Wildman–Crippen LogP) is -2.53. The summed E-state index contributed by atoms with van der Waals surface area (Å²) in [5.74, 6) is -5.74. The summed E-state index contributed by atoms with van der Waals surface area (Å²) >= 11 is 4.23. The van der Waals surface area contributed by atoms with Crippen molar-refractivity contribution in [2.45, 2.75) is 133 Å². The number of rotatable bonds is 25. The molecule has 2 fully saturated rings. The lowest BCUT2D eigenvalue weighted by atomic mass is 9.97. The maximum atomic E-state index is 13.9. The van der Waals surface area contributed by atoms with E-state index in [1.165, 1.54) is 11.8 Å². The highest BCUT2D eigenvalue weighted by molar-refractivity contribution is 7.80. The van der Waals surface area contributed by atoms with Crippen LogP contribution in [0.3, 0.4) is 0 Å². The molecule has 11 N–H and O–H groups in total. The van der Waals surface area contributed by atoms with E-state index in [1.54, 1.807) is 37.3 Å². The highest BCUT2D eigenvalue weighted by Gasteiger charge is 2.39. The number of nitrogens with zero attached hydrogens (tertiary/aromatic N) is 1. The Morgan fingerprint density at radius 2 is 1.46 bits per heavy atom. The Balaban J connectivity index is 1.76. The van der Waals surface area contributed by atoms with Crippen LogP contribution in [0.25, 0.3) is 0 Å². The Kier molecular flexibility index (Phi) is 21.6. The number of carbonyl (C=O) groups is 7. The lowest BCUT2D eigenvalue weighted by Crippen LogP contribution is -2.62. The molecule has 0 bridgehead atoms. The molecule has 0 aromatic heterocycles. The third kappa shape index (κ3) is 15.3. The van der Waals surface area contributed by atoms with E-state index in [1.807, 2.05) is 13.2 Å². The minimum atomic E-state index is -1.65. The van der Waals surface area contributed by atoms with E-state index in [-0.39, 0.29) is 30.4 Å². The third-order valence-corrected chi connectivity index (χ3v) is 11.4. The van der Waals surface area contributed by atoms with Gasteiger partial charge in [-0.3, -0.25) is 38.4 Å². The van der Waals surface area contributed by atoms with Gasteiger partial charge in [0.25, 0.3) is 0 Å². The first-order valence-corrected chi connectivity index (χ1v) is 21.7.